The molecule has 1 unspecified atom stereocenters. The van der Waals surface area contributed by atoms with Crippen LogP contribution in [0.5, 0.6) is 5.75 Å². The van der Waals surface area contributed by atoms with Crippen molar-refractivity contribution in [2.75, 3.05) is 4.90 Å². The van der Waals surface area contributed by atoms with Crippen LogP contribution >= 0.6 is 11.6 Å². The molecule has 1 aliphatic rings. The number of ketones is 1. The first-order valence-electron chi connectivity index (χ1n) is 11.3. The Morgan fingerprint density at radius 2 is 1.72 bits per heavy atom. The van der Waals surface area contributed by atoms with Crippen LogP contribution in [0.25, 0.3) is 5.76 Å². The van der Waals surface area contributed by atoms with E-state index in [1.54, 1.807) is 73.1 Å². The number of aliphatic hydroxyl groups excluding tert-OH is 1. The van der Waals surface area contributed by atoms with E-state index in [1.165, 1.54) is 4.90 Å². The molecule has 5 rings (SSSR count). The van der Waals surface area contributed by atoms with Gasteiger partial charge < -0.3 is 9.84 Å². The third kappa shape index (κ3) is 4.59. The molecule has 4 aromatic rings. The average molecular weight is 497 g/mol. The molecule has 0 spiro atoms. The second kappa shape index (κ2) is 10.1. The maximum Gasteiger partial charge on any atom is 0.300 e. The minimum absolute atomic E-state index is 0.0281. The molecule has 7 heteroatoms. The molecule has 178 valence electrons. The molecule has 1 atom stereocenters. The molecule has 6 nitrogen and oxygen atoms in total. The van der Waals surface area contributed by atoms with Crippen LogP contribution < -0.4 is 9.64 Å². The molecule has 2 heterocycles. The number of carbonyl (C=O) groups excluding carboxylic acids is 2. The van der Waals surface area contributed by atoms with Crippen molar-refractivity contribution in [3.63, 3.8) is 0 Å². The van der Waals surface area contributed by atoms with Crippen molar-refractivity contribution in [2.24, 2.45) is 0 Å². The Morgan fingerprint density at radius 3 is 2.42 bits per heavy atom. The summed E-state index contributed by atoms with van der Waals surface area (Å²) in [6.07, 6.45) is 3.18. The number of amides is 1. The lowest BCUT2D eigenvalue weighted by atomic mass is 9.96. The number of Topliss-reactive ketones (excluding diaryl/α,β-unsaturated/α-hetero) is 1. The van der Waals surface area contributed by atoms with E-state index in [0.29, 0.717) is 34.2 Å². The van der Waals surface area contributed by atoms with E-state index in [4.69, 9.17) is 16.3 Å². The number of pyridine rings is 1. The van der Waals surface area contributed by atoms with Crippen molar-refractivity contribution in [1.29, 1.82) is 0 Å². The van der Waals surface area contributed by atoms with Crippen molar-refractivity contribution < 1.29 is 19.4 Å². The fourth-order valence-electron chi connectivity index (χ4n) is 4.19. The minimum Gasteiger partial charge on any atom is -0.507 e. The quantitative estimate of drug-likeness (QED) is 0.203. The summed E-state index contributed by atoms with van der Waals surface area (Å²) in [6.45, 7) is 0.403. The van der Waals surface area contributed by atoms with Crippen LogP contribution in [-0.2, 0) is 16.2 Å². The third-order valence-corrected chi connectivity index (χ3v) is 6.14. The molecule has 0 saturated carbocycles. The molecular weight excluding hydrogens is 476 g/mol. The Balaban J connectivity index is 1.52. The maximum absolute atomic E-state index is 13.3. The molecule has 3 aromatic carbocycles. The fourth-order valence-corrected chi connectivity index (χ4v) is 4.38. The van der Waals surface area contributed by atoms with E-state index >= 15 is 0 Å². The summed E-state index contributed by atoms with van der Waals surface area (Å²) in [5.74, 6) is -1.21. The smallest absolute Gasteiger partial charge is 0.300 e. The van der Waals surface area contributed by atoms with Gasteiger partial charge in [0, 0.05) is 28.7 Å². The first-order chi connectivity index (χ1) is 17.5. The summed E-state index contributed by atoms with van der Waals surface area (Å²) in [5, 5.41) is 11.5. The van der Waals surface area contributed by atoms with Gasteiger partial charge in [-0.3, -0.25) is 19.5 Å². The zero-order chi connectivity index (χ0) is 25.1. The van der Waals surface area contributed by atoms with Crippen LogP contribution in [0, 0.1) is 0 Å². The van der Waals surface area contributed by atoms with Crippen molar-refractivity contribution in [3.8, 4) is 5.75 Å². The summed E-state index contributed by atoms with van der Waals surface area (Å²) in [5.41, 5.74) is 2.43. The van der Waals surface area contributed by atoms with Crippen LogP contribution in [-0.4, -0.2) is 21.8 Å². The predicted octanol–water partition coefficient (Wildman–Crippen LogP) is 5.94. The Bertz CT molecular complexity index is 1440. The van der Waals surface area contributed by atoms with E-state index in [0.717, 1.165) is 5.56 Å². The number of ether oxygens (including phenoxy) is 1. The SMILES string of the molecule is O=C1C(=O)N(c2ccc(OCc3ccccc3)cc2)C(c2cccnc2)/C1=C(/O)c1cccc(Cl)c1. The van der Waals surface area contributed by atoms with Gasteiger partial charge in [-0.15, -0.1) is 0 Å². The molecule has 0 aliphatic carbocycles. The van der Waals surface area contributed by atoms with Gasteiger partial charge in [0.25, 0.3) is 11.7 Å². The fraction of sp³-hybridized carbons (Fsp3) is 0.0690. The summed E-state index contributed by atoms with van der Waals surface area (Å²) in [6, 6.07) is 25.8. The Labute approximate surface area is 213 Å². The number of hydrogen-bond acceptors (Lipinski definition) is 5. The topological polar surface area (TPSA) is 79.7 Å². The second-order valence-corrected chi connectivity index (χ2v) is 8.67. The molecule has 1 N–H and O–H groups in total. The number of halogens is 1. The predicted molar refractivity (Wildman–Crippen MR) is 138 cm³/mol. The zero-order valence-corrected chi connectivity index (χ0v) is 19.8. The van der Waals surface area contributed by atoms with Gasteiger partial charge in [-0.25, -0.2) is 0 Å². The number of benzene rings is 3. The van der Waals surface area contributed by atoms with E-state index in [1.807, 2.05) is 30.3 Å². The lowest BCUT2D eigenvalue weighted by Crippen LogP contribution is -2.29. The third-order valence-electron chi connectivity index (χ3n) is 5.91. The summed E-state index contributed by atoms with van der Waals surface area (Å²) < 4.78 is 5.86. The van der Waals surface area contributed by atoms with Crippen LogP contribution in [0.1, 0.15) is 22.7 Å². The minimum atomic E-state index is -0.867. The number of aromatic nitrogens is 1. The van der Waals surface area contributed by atoms with Gasteiger partial charge in [-0.1, -0.05) is 60.1 Å². The summed E-state index contributed by atoms with van der Waals surface area (Å²) >= 11 is 6.10. The van der Waals surface area contributed by atoms with Gasteiger partial charge in [0.15, 0.2) is 0 Å². The van der Waals surface area contributed by atoms with Crippen LogP contribution in [0.15, 0.2) is 109 Å². The largest absolute Gasteiger partial charge is 0.507 e. The number of anilines is 1. The molecule has 0 bridgehead atoms. The van der Waals surface area contributed by atoms with Gasteiger partial charge in [-0.2, -0.15) is 0 Å². The monoisotopic (exact) mass is 496 g/mol. The number of carbonyl (C=O) groups is 2. The van der Waals surface area contributed by atoms with Gasteiger partial charge in [0.2, 0.25) is 0 Å². The van der Waals surface area contributed by atoms with E-state index in [2.05, 4.69) is 4.98 Å². The second-order valence-electron chi connectivity index (χ2n) is 8.23. The normalized spacial score (nSPS) is 16.8. The van der Waals surface area contributed by atoms with Crippen molar-refractivity contribution in [1.82, 2.24) is 4.98 Å². The lowest BCUT2D eigenvalue weighted by molar-refractivity contribution is -0.132. The summed E-state index contributed by atoms with van der Waals surface area (Å²) in [4.78, 5) is 32.0. The number of aliphatic hydroxyl groups is 1. The number of hydrogen-bond donors (Lipinski definition) is 1. The van der Waals surface area contributed by atoms with Crippen LogP contribution in [0.2, 0.25) is 5.02 Å². The molecule has 1 aliphatic heterocycles. The highest BCUT2D eigenvalue weighted by Crippen LogP contribution is 2.42. The first-order valence-corrected chi connectivity index (χ1v) is 11.6. The highest BCUT2D eigenvalue weighted by atomic mass is 35.5. The first kappa shape index (κ1) is 23.3. The van der Waals surface area contributed by atoms with Gasteiger partial charge in [-0.05, 0) is 53.6 Å². The Hall–Kier alpha value is -4.42. The molecular formula is C29H21ClN2O4. The number of rotatable bonds is 6. The zero-order valence-electron chi connectivity index (χ0n) is 19.0. The van der Waals surface area contributed by atoms with Gasteiger partial charge in [0.1, 0.15) is 18.1 Å². The van der Waals surface area contributed by atoms with Gasteiger partial charge >= 0.3 is 0 Å². The maximum atomic E-state index is 13.3. The molecule has 1 fully saturated rings. The molecule has 0 radical (unpaired) electrons. The highest BCUT2D eigenvalue weighted by molar-refractivity contribution is 6.51. The number of nitrogens with zero attached hydrogens (tertiary/aromatic N) is 2. The molecule has 1 aromatic heterocycles. The molecule has 1 saturated heterocycles. The molecule has 36 heavy (non-hydrogen) atoms. The van der Waals surface area contributed by atoms with Crippen molar-refractivity contribution in [2.45, 2.75) is 12.6 Å². The molecule has 1 amide bonds. The van der Waals surface area contributed by atoms with E-state index in [9.17, 15) is 14.7 Å². The van der Waals surface area contributed by atoms with E-state index < -0.39 is 17.7 Å². The van der Waals surface area contributed by atoms with Crippen molar-refractivity contribution >= 4 is 34.7 Å². The van der Waals surface area contributed by atoms with Crippen molar-refractivity contribution in [3.05, 3.63) is 131 Å². The van der Waals surface area contributed by atoms with E-state index in [-0.39, 0.29) is 11.3 Å². The highest BCUT2D eigenvalue weighted by Gasteiger charge is 2.47. The van der Waals surface area contributed by atoms with Gasteiger partial charge in [0.05, 0.1) is 11.6 Å². The van der Waals surface area contributed by atoms with Crippen LogP contribution in [0.4, 0.5) is 5.69 Å². The van der Waals surface area contributed by atoms with Crippen LogP contribution in [0.3, 0.4) is 0 Å². The lowest BCUT2D eigenvalue weighted by Gasteiger charge is -2.25. The Morgan fingerprint density at radius 1 is 0.944 bits per heavy atom. The Kier molecular flexibility index (Phi) is 6.52. The average Bonchev–Trinajstić information content (AvgIpc) is 3.18. The summed E-state index contributed by atoms with van der Waals surface area (Å²) in [7, 11) is 0. The standard InChI is InChI=1S/C29H21ClN2O4/c30-22-10-4-8-20(16-22)27(33)25-26(21-9-5-15-31-17-21)32(29(35)28(25)34)23-11-13-24(14-12-23)36-18-19-6-2-1-3-7-19/h1-17,26,33H,18H2/b27-25-.